The molecule has 1 saturated heterocycles. The lowest BCUT2D eigenvalue weighted by Gasteiger charge is -2.37. The van der Waals surface area contributed by atoms with Crippen molar-refractivity contribution in [2.45, 2.75) is 32.9 Å². The Morgan fingerprint density at radius 2 is 1.91 bits per heavy atom. The standard InChI is InChI=1S/C21H24N8O2S/c1-11-7-28(8-12(2)22-11)15-6-5-14(17-18(15)27-32-26-17)20(30)24-16-10-29-9-13(3)23-19(29)21(25-16)31-4/h5-6,9-12,22H,7-8H2,1-4H3,(H,24,30). The van der Waals surface area contributed by atoms with Gasteiger partial charge in [-0.15, -0.1) is 0 Å². The number of benzene rings is 1. The second-order valence-corrected chi connectivity index (χ2v) is 8.70. The summed E-state index contributed by atoms with van der Waals surface area (Å²) in [6, 6.07) is 4.50. The highest BCUT2D eigenvalue weighted by molar-refractivity contribution is 7.00. The van der Waals surface area contributed by atoms with E-state index in [0.717, 1.165) is 41.7 Å². The van der Waals surface area contributed by atoms with Crippen molar-refractivity contribution in [2.24, 2.45) is 0 Å². The van der Waals surface area contributed by atoms with E-state index < -0.39 is 0 Å². The van der Waals surface area contributed by atoms with E-state index in [2.05, 4.69) is 48.1 Å². The highest BCUT2D eigenvalue weighted by atomic mass is 32.1. The predicted molar refractivity (Wildman–Crippen MR) is 124 cm³/mol. The Balaban J connectivity index is 1.47. The highest BCUT2D eigenvalue weighted by Gasteiger charge is 2.25. The van der Waals surface area contributed by atoms with Crippen LogP contribution in [0, 0.1) is 6.92 Å². The number of nitrogens with one attached hydrogen (secondary N) is 2. The van der Waals surface area contributed by atoms with Crippen LogP contribution in [0.4, 0.5) is 11.5 Å². The Kier molecular flexibility index (Phi) is 5.14. The molecule has 0 radical (unpaired) electrons. The zero-order chi connectivity index (χ0) is 22.4. The number of nitrogens with zero attached hydrogens (tertiary/aromatic N) is 6. The van der Waals surface area contributed by atoms with Crippen LogP contribution < -0.4 is 20.3 Å². The molecule has 0 bridgehead atoms. The number of methoxy groups -OCH3 is 1. The second-order valence-electron chi connectivity index (χ2n) is 8.17. The molecule has 10 nitrogen and oxygen atoms in total. The number of imidazole rings is 1. The third-order valence-corrected chi connectivity index (χ3v) is 6.03. The van der Waals surface area contributed by atoms with Crippen molar-refractivity contribution in [1.29, 1.82) is 0 Å². The molecular formula is C21H24N8O2S. The van der Waals surface area contributed by atoms with E-state index in [4.69, 9.17) is 4.74 Å². The van der Waals surface area contributed by atoms with Crippen molar-refractivity contribution >= 4 is 45.8 Å². The molecule has 0 aliphatic carbocycles. The van der Waals surface area contributed by atoms with Crippen LogP contribution in [0.15, 0.2) is 24.5 Å². The van der Waals surface area contributed by atoms with Gasteiger partial charge >= 0.3 is 0 Å². The van der Waals surface area contributed by atoms with Gasteiger partial charge in [0.2, 0.25) is 5.65 Å². The summed E-state index contributed by atoms with van der Waals surface area (Å²) >= 11 is 1.11. The van der Waals surface area contributed by atoms with Crippen molar-refractivity contribution < 1.29 is 9.53 Å². The minimum Gasteiger partial charge on any atom is -0.478 e. The van der Waals surface area contributed by atoms with E-state index in [-0.39, 0.29) is 5.91 Å². The van der Waals surface area contributed by atoms with Crippen molar-refractivity contribution in [2.75, 3.05) is 30.4 Å². The van der Waals surface area contributed by atoms with E-state index in [1.165, 1.54) is 7.11 Å². The van der Waals surface area contributed by atoms with Gasteiger partial charge in [-0.05, 0) is 32.9 Å². The average molecular weight is 453 g/mol. The fourth-order valence-electron chi connectivity index (χ4n) is 4.29. The fourth-order valence-corrected chi connectivity index (χ4v) is 4.86. The molecule has 1 aliphatic rings. The summed E-state index contributed by atoms with van der Waals surface area (Å²) in [7, 11) is 1.53. The van der Waals surface area contributed by atoms with Crippen molar-refractivity contribution in [1.82, 2.24) is 28.4 Å². The summed E-state index contributed by atoms with van der Waals surface area (Å²) < 4.78 is 16.1. The lowest BCUT2D eigenvalue weighted by Crippen LogP contribution is -2.54. The van der Waals surface area contributed by atoms with Gasteiger partial charge in [-0.25, -0.2) is 4.98 Å². The lowest BCUT2D eigenvalue weighted by molar-refractivity contribution is 0.102. The SMILES string of the molecule is COc1nc(NC(=O)c2ccc(N3CC(C)NC(C)C3)c3nsnc23)cn2cc(C)nc12. The first-order valence-electron chi connectivity index (χ1n) is 10.4. The molecule has 2 N–H and O–H groups in total. The van der Waals surface area contributed by atoms with Gasteiger partial charge in [0.1, 0.15) is 11.0 Å². The Morgan fingerprint density at radius 1 is 1.16 bits per heavy atom. The number of carbonyl (C=O) groups is 1. The van der Waals surface area contributed by atoms with Crippen LogP contribution in [0.1, 0.15) is 29.9 Å². The van der Waals surface area contributed by atoms with Gasteiger partial charge in [-0.3, -0.25) is 9.20 Å². The molecule has 2 atom stereocenters. The fraction of sp³-hybridized carbons (Fsp3) is 0.381. The van der Waals surface area contributed by atoms with E-state index in [9.17, 15) is 4.79 Å². The van der Waals surface area contributed by atoms with Crippen LogP contribution in [0.25, 0.3) is 16.7 Å². The maximum Gasteiger partial charge on any atom is 0.260 e. The summed E-state index contributed by atoms with van der Waals surface area (Å²) in [5, 5.41) is 6.40. The van der Waals surface area contributed by atoms with E-state index >= 15 is 0 Å². The molecule has 1 aliphatic heterocycles. The van der Waals surface area contributed by atoms with Gasteiger partial charge in [0.05, 0.1) is 42.0 Å². The van der Waals surface area contributed by atoms with Crippen LogP contribution in [-0.2, 0) is 0 Å². The molecule has 1 aromatic carbocycles. The maximum absolute atomic E-state index is 13.2. The molecule has 32 heavy (non-hydrogen) atoms. The van der Waals surface area contributed by atoms with Crippen LogP contribution in [0.2, 0.25) is 0 Å². The Labute approximate surface area is 189 Å². The zero-order valence-corrected chi connectivity index (χ0v) is 19.1. The van der Waals surface area contributed by atoms with Gasteiger partial charge in [0.25, 0.3) is 11.8 Å². The first-order valence-corrected chi connectivity index (χ1v) is 11.1. The number of ether oxygens (including phenoxy) is 1. The van der Waals surface area contributed by atoms with Crippen LogP contribution >= 0.6 is 11.7 Å². The second kappa shape index (κ2) is 7.99. The number of rotatable bonds is 4. The number of piperazine rings is 1. The van der Waals surface area contributed by atoms with Gasteiger partial charge in [0.15, 0.2) is 5.82 Å². The molecular weight excluding hydrogens is 428 g/mol. The van der Waals surface area contributed by atoms with E-state index in [1.807, 2.05) is 25.3 Å². The lowest BCUT2D eigenvalue weighted by atomic mass is 10.1. The third-order valence-electron chi connectivity index (χ3n) is 5.50. The van der Waals surface area contributed by atoms with Gasteiger partial charge in [-0.2, -0.15) is 13.7 Å². The monoisotopic (exact) mass is 452 g/mol. The summed E-state index contributed by atoms with van der Waals surface area (Å²) in [4.78, 5) is 24.2. The minimum atomic E-state index is -0.304. The number of hydrogen-bond acceptors (Lipinski definition) is 9. The average Bonchev–Trinajstić information content (AvgIpc) is 3.37. The molecule has 3 aromatic heterocycles. The quantitative estimate of drug-likeness (QED) is 0.486. The van der Waals surface area contributed by atoms with Gasteiger partial charge in [0, 0.05) is 31.4 Å². The molecule has 11 heteroatoms. The van der Waals surface area contributed by atoms with Gasteiger partial charge < -0.3 is 20.3 Å². The number of hydrogen-bond donors (Lipinski definition) is 2. The first kappa shape index (κ1) is 20.6. The Bertz CT molecular complexity index is 1310. The summed E-state index contributed by atoms with van der Waals surface area (Å²) in [5.74, 6) is 0.401. The smallest absolute Gasteiger partial charge is 0.260 e. The minimum absolute atomic E-state index is 0.304. The van der Waals surface area contributed by atoms with Crippen LogP contribution in [0.5, 0.6) is 5.88 Å². The number of anilines is 2. The molecule has 4 heterocycles. The zero-order valence-electron chi connectivity index (χ0n) is 18.3. The molecule has 0 saturated carbocycles. The topological polar surface area (TPSA) is 110 Å². The number of amides is 1. The van der Waals surface area contributed by atoms with Crippen LogP contribution in [0.3, 0.4) is 0 Å². The van der Waals surface area contributed by atoms with Crippen LogP contribution in [-0.4, -0.2) is 61.3 Å². The number of fused-ring (bicyclic) bond motifs is 2. The van der Waals surface area contributed by atoms with Crippen molar-refractivity contribution in [3.05, 3.63) is 35.8 Å². The Hall–Kier alpha value is -3.31. The number of aryl methyl sites for hydroxylation is 1. The summed E-state index contributed by atoms with van der Waals surface area (Å²) in [5.41, 5.74) is 4.22. The predicted octanol–water partition coefficient (Wildman–Crippen LogP) is 2.49. The largest absolute Gasteiger partial charge is 0.478 e. The van der Waals surface area contributed by atoms with E-state index in [1.54, 1.807) is 10.6 Å². The first-order chi connectivity index (χ1) is 15.4. The number of carbonyl (C=O) groups excluding carboxylic acids is 1. The molecule has 1 fully saturated rings. The van der Waals surface area contributed by atoms with E-state index in [0.29, 0.717) is 40.5 Å². The normalized spacial score (nSPS) is 18.9. The summed E-state index contributed by atoms with van der Waals surface area (Å²) in [6.07, 6.45) is 3.56. The maximum atomic E-state index is 13.2. The number of aromatic nitrogens is 5. The third kappa shape index (κ3) is 3.63. The molecule has 166 valence electrons. The molecule has 2 unspecified atom stereocenters. The highest BCUT2D eigenvalue weighted by Crippen LogP contribution is 2.30. The molecule has 1 amide bonds. The van der Waals surface area contributed by atoms with Crippen molar-refractivity contribution in [3.63, 3.8) is 0 Å². The summed E-state index contributed by atoms with van der Waals surface area (Å²) in [6.45, 7) is 7.97. The molecule has 5 rings (SSSR count). The molecule has 0 spiro atoms. The Morgan fingerprint density at radius 3 is 2.66 bits per heavy atom. The van der Waals surface area contributed by atoms with Crippen molar-refractivity contribution in [3.8, 4) is 5.88 Å². The molecule has 4 aromatic rings. The van der Waals surface area contributed by atoms with Gasteiger partial charge in [-0.1, -0.05) is 0 Å².